The number of fused-ring (bicyclic) bond motifs is 1. The zero-order valence-electron chi connectivity index (χ0n) is 18.8. The fraction of sp³-hybridized carbons (Fsp3) is 0.440. The van der Waals surface area contributed by atoms with E-state index in [2.05, 4.69) is 10.1 Å². The van der Waals surface area contributed by atoms with Crippen LogP contribution in [0.3, 0.4) is 0 Å². The lowest BCUT2D eigenvalue weighted by Crippen LogP contribution is -2.47. The number of halogens is 1. The first-order valence-corrected chi connectivity index (χ1v) is 11.6. The van der Waals surface area contributed by atoms with E-state index in [1.165, 1.54) is 18.2 Å². The van der Waals surface area contributed by atoms with Crippen molar-refractivity contribution in [1.82, 2.24) is 10.1 Å². The van der Waals surface area contributed by atoms with Gasteiger partial charge in [0.1, 0.15) is 11.6 Å². The van der Waals surface area contributed by atoms with Crippen LogP contribution in [0.4, 0.5) is 10.2 Å². The fourth-order valence-electron chi connectivity index (χ4n) is 5.29. The van der Waals surface area contributed by atoms with Crippen LogP contribution < -0.4 is 10.6 Å². The van der Waals surface area contributed by atoms with Crippen molar-refractivity contribution in [3.63, 3.8) is 0 Å². The second kappa shape index (κ2) is 9.04. The molecule has 0 atom stereocenters. The van der Waals surface area contributed by atoms with Crippen LogP contribution in [0.1, 0.15) is 54.8 Å². The van der Waals surface area contributed by atoms with E-state index in [0.29, 0.717) is 23.5 Å². The Bertz CT molecular complexity index is 1210. The zero-order valence-corrected chi connectivity index (χ0v) is 18.8. The Hall–Kier alpha value is -3.49. The molecule has 1 aliphatic carbocycles. The number of aromatic nitrogens is 2. The maximum absolute atomic E-state index is 13.4. The van der Waals surface area contributed by atoms with Gasteiger partial charge in [0.05, 0.1) is 5.52 Å². The molecular weight excluding hydrogens is 439 g/mol. The van der Waals surface area contributed by atoms with Gasteiger partial charge in [-0.25, -0.2) is 9.37 Å². The highest BCUT2D eigenvalue weighted by atomic mass is 19.1. The number of anilines is 1. The Morgan fingerprint density at radius 3 is 2.71 bits per heavy atom. The summed E-state index contributed by atoms with van der Waals surface area (Å²) in [6.45, 7) is 1.86. The van der Waals surface area contributed by atoms with Crippen molar-refractivity contribution in [2.75, 3.05) is 18.0 Å². The molecule has 2 fully saturated rings. The maximum Gasteiger partial charge on any atom is 0.306 e. The summed E-state index contributed by atoms with van der Waals surface area (Å²) in [6, 6.07) is 9.97. The number of hydrogen-bond donors (Lipinski definition) is 1. The molecule has 178 valence electrons. The molecule has 3 aromatic rings. The highest BCUT2D eigenvalue weighted by molar-refractivity contribution is 5.90. The molecule has 0 radical (unpaired) electrons. The van der Waals surface area contributed by atoms with Gasteiger partial charge in [0.25, 0.3) is 5.91 Å². The summed E-state index contributed by atoms with van der Waals surface area (Å²) in [4.78, 5) is 30.1. The molecule has 1 spiro atoms. The lowest BCUT2D eigenvalue weighted by Gasteiger charge is -2.52. The van der Waals surface area contributed by atoms with Crippen molar-refractivity contribution in [2.45, 2.75) is 45.1 Å². The molecule has 2 aliphatic rings. The molecular formula is C25H27FN4O4. The van der Waals surface area contributed by atoms with Gasteiger partial charge in [-0.15, -0.1) is 0 Å². The summed E-state index contributed by atoms with van der Waals surface area (Å²) in [5.74, 6) is 0.570. The molecule has 9 heteroatoms. The van der Waals surface area contributed by atoms with Gasteiger partial charge >= 0.3 is 5.97 Å². The minimum atomic E-state index is -0.684. The maximum atomic E-state index is 13.4. The van der Waals surface area contributed by atoms with Crippen molar-refractivity contribution in [3.8, 4) is 0 Å². The van der Waals surface area contributed by atoms with E-state index in [9.17, 15) is 14.0 Å². The Morgan fingerprint density at radius 2 is 1.97 bits per heavy atom. The Labute approximate surface area is 196 Å². The lowest BCUT2D eigenvalue weighted by molar-refractivity contribution is -0.146. The Balaban J connectivity index is 1.04. The van der Waals surface area contributed by atoms with Crippen LogP contribution in [0, 0.1) is 17.2 Å². The number of hydrogen-bond acceptors (Lipinski definition) is 7. The second-order valence-corrected chi connectivity index (χ2v) is 9.51. The van der Waals surface area contributed by atoms with Gasteiger partial charge in [-0.3, -0.25) is 9.59 Å². The number of amides is 1. The SMILES string of the molecule is NC(=O)c1cc(COC(=O)CCC2CC3(CCN(c4ccc5cc(F)ccc5n4)CC3)C2)on1. The molecule has 1 saturated carbocycles. The molecule has 34 heavy (non-hydrogen) atoms. The number of benzene rings is 1. The summed E-state index contributed by atoms with van der Waals surface area (Å²) in [6.07, 6.45) is 5.70. The number of rotatable bonds is 7. The number of pyridine rings is 1. The summed E-state index contributed by atoms with van der Waals surface area (Å²) in [7, 11) is 0. The van der Waals surface area contributed by atoms with E-state index in [1.807, 2.05) is 12.1 Å². The molecule has 1 amide bonds. The van der Waals surface area contributed by atoms with Gasteiger partial charge in [-0.2, -0.15) is 0 Å². The van der Waals surface area contributed by atoms with Gasteiger partial charge in [0.15, 0.2) is 18.1 Å². The van der Waals surface area contributed by atoms with Crippen LogP contribution in [-0.4, -0.2) is 35.1 Å². The largest absolute Gasteiger partial charge is 0.457 e. The van der Waals surface area contributed by atoms with E-state index in [0.717, 1.165) is 61.9 Å². The van der Waals surface area contributed by atoms with Crippen molar-refractivity contribution in [3.05, 3.63) is 53.7 Å². The van der Waals surface area contributed by atoms with E-state index in [4.69, 9.17) is 20.0 Å². The van der Waals surface area contributed by atoms with Crippen molar-refractivity contribution < 1.29 is 23.2 Å². The smallest absolute Gasteiger partial charge is 0.306 e. The minimum Gasteiger partial charge on any atom is -0.457 e. The summed E-state index contributed by atoms with van der Waals surface area (Å²) in [5, 5.41) is 4.33. The third-order valence-corrected chi connectivity index (χ3v) is 7.17. The predicted molar refractivity (Wildman–Crippen MR) is 122 cm³/mol. The first kappa shape index (κ1) is 22.3. The molecule has 2 aromatic heterocycles. The number of primary amides is 1. The summed E-state index contributed by atoms with van der Waals surface area (Å²) >= 11 is 0. The molecule has 3 heterocycles. The van der Waals surface area contributed by atoms with Crippen molar-refractivity contribution in [2.24, 2.45) is 17.1 Å². The first-order chi connectivity index (χ1) is 16.4. The number of esters is 1. The van der Waals surface area contributed by atoms with Crippen LogP contribution in [0.25, 0.3) is 10.9 Å². The molecule has 0 bridgehead atoms. The Kier molecular flexibility index (Phi) is 5.93. The van der Waals surface area contributed by atoms with Crippen LogP contribution in [0.15, 0.2) is 40.9 Å². The third-order valence-electron chi connectivity index (χ3n) is 7.17. The Morgan fingerprint density at radius 1 is 1.18 bits per heavy atom. The van der Waals surface area contributed by atoms with E-state index in [-0.39, 0.29) is 24.1 Å². The minimum absolute atomic E-state index is 0.0173. The topological polar surface area (TPSA) is 112 Å². The van der Waals surface area contributed by atoms with E-state index >= 15 is 0 Å². The van der Waals surface area contributed by atoms with Gasteiger partial charge < -0.3 is 19.9 Å². The standard InChI is InChI=1S/C25H27FN4O4/c26-18-3-4-20-17(11-18)2-5-22(28-20)30-9-7-25(8-10-30)13-16(14-25)1-6-23(31)33-15-19-12-21(24(27)32)29-34-19/h2-5,11-12,16H,1,6-10,13-15H2,(H2,27,32). The lowest BCUT2D eigenvalue weighted by atomic mass is 9.56. The highest BCUT2D eigenvalue weighted by Crippen LogP contribution is 2.54. The molecule has 5 rings (SSSR count). The van der Waals surface area contributed by atoms with Crippen LogP contribution >= 0.6 is 0 Å². The van der Waals surface area contributed by atoms with E-state index < -0.39 is 5.91 Å². The van der Waals surface area contributed by atoms with Crippen LogP contribution in [-0.2, 0) is 16.1 Å². The average molecular weight is 467 g/mol. The van der Waals surface area contributed by atoms with Gasteiger partial charge in [-0.05, 0) is 73.8 Å². The molecule has 1 aliphatic heterocycles. The monoisotopic (exact) mass is 466 g/mol. The number of piperidine rings is 1. The second-order valence-electron chi connectivity index (χ2n) is 9.51. The quantitative estimate of drug-likeness (QED) is 0.524. The number of nitrogens with two attached hydrogens (primary N) is 1. The van der Waals surface area contributed by atoms with Crippen LogP contribution in [0.2, 0.25) is 0 Å². The molecule has 8 nitrogen and oxygen atoms in total. The van der Waals surface area contributed by atoms with Crippen LogP contribution in [0.5, 0.6) is 0 Å². The first-order valence-electron chi connectivity index (χ1n) is 11.6. The van der Waals surface area contributed by atoms with E-state index in [1.54, 1.807) is 6.07 Å². The molecule has 2 N–H and O–H groups in total. The van der Waals surface area contributed by atoms with Crippen molar-refractivity contribution in [1.29, 1.82) is 0 Å². The zero-order chi connectivity index (χ0) is 23.7. The fourth-order valence-corrected chi connectivity index (χ4v) is 5.29. The molecule has 1 aromatic carbocycles. The van der Waals surface area contributed by atoms with Gasteiger partial charge in [-0.1, -0.05) is 5.16 Å². The summed E-state index contributed by atoms with van der Waals surface area (Å²) in [5.41, 5.74) is 6.32. The van der Waals surface area contributed by atoms with Gasteiger partial charge in [0, 0.05) is 31.0 Å². The third kappa shape index (κ3) is 4.73. The molecule has 0 unspecified atom stereocenters. The molecule has 1 saturated heterocycles. The number of carbonyl (C=O) groups excluding carboxylic acids is 2. The normalized spacial score (nSPS) is 17.6. The summed E-state index contributed by atoms with van der Waals surface area (Å²) < 4.78 is 23.5. The average Bonchev–Trinajstić information content (AvgIpc) is 3.29. The number of carbonyl (C=O) groups is 2. The highest BCUT2D eigenvalue weighted by Gasteiger charge is 2.45. The van der Waals surface area contributed by atoms with Crippen molar-refractivity contribution >= 4 is 28.6 Å². The number of nitrogens with zero attached hydrogens (tertiary/aromatic N) is 3. The predicted octanol–water partition coefficient (Wildman–Crippen LogP) is 3.98. The number of ether oxygens (including phenoxy) is 1. The van der Waals surface area contributed by atoms with Gasteiger partial charge in [0.2, 0.25) is 0 Å².